The molecule has 4 rings (SSSR count). The van der Waals surface area contributed by atoms with E-state index in [1.807, 2.05) is 0 Å². The maximum Gasteiger partial charge on any atom is 0.228 e. The van der Waals surface area contributed by atoms with Crippen molar-refractivity contribution in [3.8, 4) is 0 Å². The molecule has 1 spiro atoms. The molecule has 2 heterocycles. The van der Waals surface area contributed by atoms with Crippen LogP contribution in [0.3, 0.4) is 0 Å². The van der Waals surface area contributed by atoms with Gasteiger partial charge in [0.1, 0.15) is 0 Å². The largest absolute Gasteiger partial charge is 0.326 e. The Kier molecular flexibility index (Phi) is 7.60. The van der Waals surface area contributed by atoms with Crippen molar-refractivity contribution in [1.82, 2.24) is 10.2 Å². The zero-order chi connectivity index (χ0) is 17.4. The van der Waals surface area contributed by atoms with Crippen LogP contribution in [-0.2, 0) is 17.9 Å². The maximum atomic E-state index is 12.8. The van der Waals surface area contributed by atoms with E-state index in [0.717, 1.165) is 63.6 Å². The lowest BCUT2D eigenvalue weighted by atomic mass is 9.91. The number of carbonyl (C=O) groups is 1. The van der Waals surface area contributed by atoms with Crippen molar-refractivity contribution in [1.29, 1.82) is 0 Å². The SMILES string of the molecule is CC(C)CCN1Cc2cccc(NC(=O)C3CC34CCNCC4)c2C1.Cl.Cl. The lowest BCUT2D eigenvalue weighted by molar-refractivity contribution is -0.118. The van der Waals surface area contributed by atoms with E-state index in [1.165, 1.54) is 17.5 Å². The van der Waals surface area contributed by atoms with Gasteiger partial charge in [0.25, 0.3) is 0 Å². The number of fused-ring (bicyclic) bond motifs is 1. The number of anilines is 1. The van der Waals surface area contributed by atoms with E-state index in [-0.39, 0.29) is 36.6 Å². The highest BCUT2D eigenvalue weighted by atomic mass is 35.5. The van der Waals surface area contributed by atoms with E-state index in [0.29, 0.717) is 5.41 Å². The van der Waals surface area contributed by atoms with Crippen LogP contribution in [-0.4, -0.2) is 30.4 Å². The summed E-state index contributed by atoms with van der Waals surface area (Å²) in [5.41, 5.74) is 4.07. The Morgan fingerprint density at radius 1 is 1.26 bits per heavy atom. The summed E-state index contributed by atoms with van der Waals surface area (Å²) >= 11 is 0. The molecular formula is C21H33Cl2N3O. The van der Waals surface area contributed by atoms with Crippen molar-refractivity contribution in [3.05, 3.63) is 29.3 Å². The first-order valence-electron chi connectivity index (χ1n) is 9.92. The van der Waals surface area contributed by atoms with Crippen LogP contribution in [0, 0.1) is 17.3 Å². The molecule has 1 atom stereocenters. The van der Waals surface area contributed by atoms with Gasteiger partial charge in [-0.25, -0.2) is 0 Å². The van der Waals surface area contributed by atoms with E-state index < -0.39 is 0 Å². The van der Waals surface area contributed by atoms with Crippen LogP contribution < -0.4 is 10.6 Å². The molecule has 27 heavy (non-hydrogen) atoms. The predicted molar refractivity (Wildman–Crippen MR) is 116 cm³/mol. The van der Waals surface area contributed by atoms with E-state index >= 15 is 0 Å². The average molecular weight is 414 g/mol. The van der Waals surface area contributed by atoms with Crippen molar-refractivity contribution in [2.24, 2.45) is 17.3 Å². The monoisotopic (exact) mass is 413 g/mol. The van der Waals surface area contributed by atoms with Gasteiger partial charge in [0, 0.05) is 24.7 Å². The summed E-state index contributed by atoms with van der Waals surface area (Å²) in [6.07, 6.45) is 4.62. The van der Waals surface area contributed by atoms with Crippen molar-refractivity contribution >= 4 is 36.4 Å². The molecule has 2 aliphatic heterocycles. The van der Waals surface area contributed by atoms with Crippen molar-refractivity contribution in [2.75, 3.05) is 25.0 Å². The molecule has 2 fully saturated rings. The topological polar surface area (TPSA) is 44.4 Å². The molecule has 1 saturated heterocycles. The van der Waals surface area contributed by atoms with Crippen LogP contribution in [0.4, 0.5) is 5.69 Å². The van der Waals surface area contributed by atoms with Crippen LogP contribution in [0.25, 0.3) is 0 Å². The fourth-order valence-electron chi connectivity index (χ4n) is 4.62. The lowest BCUT2D eigenvalue weighted by Gasteiger charge is -2.23. The Morgan fingerprint density at radius 3 is 2.70 bits per heavy atom. The second-order valence-corrected chi connectivity index (χ2v) is 8.69. The van der Waals surface area contributed by atoms with E-state index in [9.17, 15) is 4.79 Å². The number of carbonyl (C=O) groups excluding carboxylic acids is 1. The van der Waals surface area contributed by atoms with E-state index in [4.69, 9.17) is 0 Å². The zero-order valence-corrected chi connectivity index (χ0v) is 18.1. The first kappa shape index (κ1) is 22.5. The van der Waals surface area contributed by atoms with Gasteiger partial charge in [-0.1, -0.05) is 26.0 Å². The number of benzene rings is 1. The van der Waals surface area contributed by atoms with Crippen LogP contribution in [0.5, 0.6) is 0 Å². The Bertz CT molecular complexity index is 659. The summed E-state index contributed by atoms with van der Waals surface area (Å²) < 4.78 is 0. The van der Waals surface area contributed by atoms with Crippen molar-refractivity contribution < 1.29 is 4.79 Å². The molecule has 1 unspecified atom stereocenters. The normalized spacial score (nSPS) is 22.7. The molecule has 1 aromatic rings. The highest BCUT2D eigenvalue weighted by Crippen LogP contribution is 2.58. The number of halogens is 2. The van der Waals surface area contributed by atoms with Crippen LogP contribution in [0.15, 0.2) is 18.2 Å². The number of rotatable bonds is 5. The number of amides is 1. The van der Waals surface area contributed by atoms with Crippen LogP contribution >= 0.6 is 24.8 Å². The summed E-state index contributed by atoms with van der Waals surface area (Å²) in [5.74, 6) is 1.21. The number of hydrogen-bond donors (Lipinski definition) is 2. The summed E-state index contributed by atoms with van der Waals surface area (Å²) in [6, 6.07) is 6.39. The summed E-state index contributed by atoms with van der Waals surface area (Å²) in [6.45, 7) is 9.81. The highest BCUT2D eigenvalue weighted by molar-refractivity contribution is 5.96. The molecule has 3 aliphatic rings. The second-order valence-electron chi connectivity index (χ2n) is 8.69. The first-order chi connectivity index (χ1) is 12.1. The third-order valence-corrected chi connectivity index (χ3v) is 6.43. The van der Waals surface area contributed by atoms with Gasteiger partial charge in [-0.05, 0) is 73.8 Å². The van der Waals surface area contributed by atoms with Gasteiger partial charge in [-0.15, -0.1) is 24.8 Å². The van der Waals surface area contributed by atoms with Gasteiger partial charge >= 0.3 is 0 Å². The van der Waals surface area contributed by atoms with Gasteiger partial charge in [0.2, 0.25) is 5.91 Å². The Labute approximate surface area is 175 Å². The second kappa shape index (κ2) is 9.13. The first-order valence-corrected chi connectivity index (χ1v) is 9.92. The number of piperidine rings is 1. The fraction of sp³-hybridized carbons (Fsp3) is 0.667. The molecular weight excluding hydrogens is 381 g/mol. The molecule has 0 aromatic heterocycles. The number of nitrogens with zero attached hydrogens (tertiary/aromatic N) is 1. The van der Waals surface area contributed by atoms with Gasteiger partial charge in [-0.2, -0.15) is 0 Å². The molecule has 6 heteroatoms. The molecule has 2 N–H and O–H groups in total. The number of hydrogen-bond acceptors (Lipinski definition) is 3. The van der Waals surface area contributed by atoms with Gasteiger partial charge in [-0.3, -0.25) is 9.69 Å². The molecule has 1 aromatic carbocycles. The summed E-state index contributed by atoms with van der Waals surface area (Å²) in [4.78, 5) is 15.3. The molecule has 1 amide bonds. The minimum absolute atomic E-state index is 0. The third kappa shape index (κ3) is 4.79. The maximum absolute atomic E-state index is 12.8. The Hall–Kier alpha value is -0.810. The van der Waals surface area contributed by atoms with Gasteiger partial charge in [0.15, 0.2) is 0 Å². The molecule has 0 bridgehead atoms. The average Bonchev–Trinajstić information content (AvgIpc) is 3.11. The quantitative estimate of drug-likeness (QED) is 0.758. The minimum Gasteiger partial charge on any atom is -0.326 e. The van der Waals surface area contributed by atoms with Crippen LogP contribution in [0.2, 0.25) is 0 Å². The molecule has 0 radical (unpaired) electrons. The molecule has 1 aliphatic carbocycles. The van der Waals surface area contributed by atoms with Gasteiger partial charge in [0.05, 0.1) is 0 Å². The number of nitrogens with one attached hydrogen (secondary N) is 2. The minimum atomic E-state index is 0. The Balaban J connectivity index is 0.00000131. The molecule has 152 valence electrons. The van der Waals surface area contributed by atoms with Crippen LogP contribution in [0.1, 0.15) is 50.7 Å². The van der Waals surface area contributed by atoms with Crippen molar-refractivity contribution in [2.45, 2.75) is 52.6 Å². The predicted octanol–water partition coefficient (Wildman–Crippen LogP) is 4.22. The van der Waals surface area contributed by atoms with E-state index in [1.54, 1.807) is 0 Å². The third-order valence-electron chi connectivity index (χ3n) is 6.43. The fourth-order valence-corrected chi connectivity index (χ4v) is 4.62. The molecule has 1 saturated carbocycles. The van der Waals surface area contributed by atoms with Crippen molar-refractivity contribution in [3.63, 3.8) is 0 Å². The smallest absolute Gasteiger partial charge is 0.228 e. The standard InChI is InChI=1S/C21H31N3O.2ClH/c1-15(2)6-11-24-13-16-4-3-5-19(17(16)14-24)23-20(25)18-12-21(18)7-9-22-10-8-21;;/h3-5,15,18,22H,6-14H2,1-2H3,(H,23,25);2*1H. The summed E-state index contributed by atoms with van der Waals surface area (Å²) in [7, 11) is 0. The van der Waals surface area contributed by atoms with E-state index in [2.05, 4.69) is 47.6 Å². The zero-order valence-electron chi connectivity index (χ0n) is 16.4. The Morgan fingerprint density at radius 2 is 2.00 bits per heavy atom. The molecule has 4 nitrogen and oxygen atoms in total. The highest BCUT2D eigenvalue weighted by Gasteiger charge is 2.57. The lowest BCUT2D eigenvalue weighted by Crippen LogP contribution is -2.31. The van der Waals surface area contributed by atoms with Gasteiger partial charge < -0.3 is 10.6 Å². The summed E-state index contributed by atoms with van der Waals surface area (Å²) in [5, 5.41) is 6.69.